The highest BCUT2D eigenvalue weighted by atomic mass is 16.5. The number of nitrogens with zero attached hydrogens (tertiary/aromatic N) is 2. The maximum atomic E-state index is 12.5. The van der Waals surface area contributed by atoms with E-state index in [1.165, 1.54) is 6.34 Å². The fourth-order valence-electron chi connectivity index (χ4n) is 3.96. The van der Waals surface area contributed by atoms with Gasteiger partial charge in [0.15, 0.2) is 12.2 Å². The number of carbonyl (C=O) groups excluding carboxylic acids is 2. The van der Waals surface area contributed by atoms with Gasteiger partial charge in [-0.1, -0.05) is 17.7 Å². The number of nitrogens with two attached hydrogens (primary N) is 2. The third kappa shape index (κ3) is 13.0. The van der Waals surface area contributed by atoms with Crippen LogP contribution in [0.1, 0.15) is 54.4 Å². The Bertz CT molecular complexity index is 938. The summed E-state index contributed by atoms with van der Waals surface area (Å²) < 4.78 is 0. The van der Waals surface area contributed by atoms with Crippen molar-refractivity contribution in [2.45, 2.75) is 76.2 Å². The first-order valence-electron chi connectivity index (χ1n) is 13.1. The summed E-state index contributed by atoms with van der Waals surface area (Å²) in [6.45, 7) is 2.99. The Morgan fingerprint density at radius 3 is 2.59 bits per heavy atom. The van der Waals surface area contributed by atoms with Crippen LogP contribution in [-0.2, 0) is 4.79 Å². The number of aliphatic imine (C=N–C) groups is 2. The van der Waals surface area contributed by atoms with Gasteiger partial charge in [0.1, 0.15) is 6.23 Å². The molecule has 2 rings (SSSR count). The first-order valence-corrected chi connectivity index (χ1v) is 13.1. The fourth-order valence-corrected chi connectivity index (χ4v) is 3.96. The van der Waals surface area contributed by atoms with Crippen molar-refractivity contribution in [2.24, 2.45) is 21.5 Å². The number of aliphatic hydroxyl groups excluding tert-OH is 2. The zero-order chi connectivity index (χ0) is 28.6. The molecule has 218 valence electrons. The van der Waals surface area contributed by atoms with Crippen LogP contribution in [0.5, 0.6) is 0 Å². The standard InChI is InChI=1S/C25H43N9O5/c1-16-7-9-17(10-8-16)22(37)28-11-3-2-5-18-24(39)34-20(6-4-12-29-25(26)27)32-14-31-19(13-21(35)36)23(38)33-15-30-18/h7-10,15,18-21,24,31-32,34-36,39H,2-6,11-14H2,1H3,(H,28,37)(H4,26,27,29)(H,30,33,38)/t18-,19-,20-,24?/m0/s1. The second kappa shape index (κ2) is 17.4. The summed E-state index contributed by atoms with van der Waals surface area (Å²) in [7, 11) is 0. The molecule has 4 atom stereocenters. The summed E-state index contributed by atoms with van der Waals surface area (Å²) in [5.41, 5.74) is 12.4. The van der Waals surface area contributed by atoms with Gasteiger partial charge in [-0.3, -0.25) is 35.5 Å². The van der Waals surface area contributed by atoms with Crippen LogP contribution in [0.4, 0.5) is 0 Å². The smallest absolute Gasteiger partial charge is 0.251 e. The quantitative estimate of drug-likeness (QED) is 0.0591. The zero-order valence-electron chi connectivity index (χ0n) is 22.3. The largest absolute Gasteiger partial charge is 0.376 e. The monoisotopic (exact) mass is 549 g/mol. The van der Waals surface area contributed by atoms with Crippen molar-refractivity contribution in [3.8, 4) is 0 Å². The lowest BCUT2D eigenvalue weighted by Crippen LogP contribution is -2.56. The average Bonchev–Trinajstić information content (AvgIpc) is 2.88. The van der Waals surface area contributed by atoms with Crippen LogP contribution < -0.4 is 38.1 Å². The molecule has 1 aliphatic rings. The van der Waals surface area contributed by atoms with Gasteiger partial charge in [-0.15, -0.1) is 0 Å². The molecule has 1 unspecified atom stereocenters. The number of aliphatic hydroxyl groups is 3. The molecule has 1 aromatic rings. The molecule has 0 saturated heterocycles. The molecular weight excluding hydrogens is 506 g/mol. The van der Waals surface area contributed by atoms with E-state index in [2.05, 4.69) is 36.6 Å². The first kappa shape index (κ1) is 32.1. The molecule has 0 spiro atoms. The van der Waals surface area contributed by atoms with E-state index in [4.69, 9.17) is 11.5 Å². The molecule has 2 amide bonds. The summed E-state index contributed by atoms with van der Waals surface area (Å²) in [6.07, 6.45) is 0.898. The maximum absolute atomic E-state index is 12.5. The number of hydrogen-bond donors (Lipinski definition) is 10. The van der Waals surface area contributed by atoms with Gasteiger partial charge in [-0.05, 0) is 51.2 Å². The van der Waals surface area contributed by atoms with Gasteiger partial charge in [0.25, 0.3) is 5.91 Å². The van der Waals surface area contributed by atoms with Gasteiger partial charge >= 0.3 is 0 Å². The number of nitrogens with one attached hydrogen (secondary N) is 5. The molecule has 1 aromatic carbocycles. The van der Waals surface area contributed by atoms with E-state index in [1.54, 1.807) is 12.1 Å². The van der Waals surface area contributed by atoms with Crippen molar-refractivity contribution in [1.82, 2.24) is 26.6 Å². The molecule has 0 bridgehead atoms. The van der Waals surface area contributed by atoms with E-state index in [0.717, 1.165) is 5.56 Å². The highest BCUT2D eigenvalue weighted by Crippen LogP contribution is 2.10. The van der Waals surface area contributed by atoms with Gasteiger partial charge in [-0.2, -0.15) is 0 Å². The molecule has 0 aromatic heterocycles. The number of aryl methyl sites for hydroxylation is 1. The number of hydrogen-bond acceptors (Lipinski definition) is 10. The van der Waals surface area contributed by atoms with E-state index in [9.17, 15) is 24.9 Å². The molecule has 0 saturated carbocycles. The summed E-state index contributed by atoms with van der Waals surface area (Å²) in [6, 6.07) is 5.86. The van der Waals surface area contributed by atoms with E-state index >= 15 is 0 Å². The summed E-state index contributed by atoms with van der Waals surface area (Å²) in [5, 5.41) is 44.3. The topological polar surface area (TPSA) is 232 Å². The zero-order valence-corrected chi connectivity index (χ0v) is 22.3. The summed E-state index contributed by atoms with van der Waals surface area (Å²) >= 11 is 0. The van der Waals surface area contributed by atoms with Gasteiger partial charge in [0.2, 0.25) is 5.91 Å². The summed E-state index contributed by atoms with van der Waals surface area (Å²) in [4.78, 5) is 33.2. The van der Waals surface area contributed by atoms with Gasteiger partial charge in [-0.25, -0.2) is 0 Å². The highest BCUT2D eigenvalue weighted by Gasteiger charge is 2.24. The minimum Gasteiger partial charge on any atom is -0.376 e. The van der Waals surface area contributed by atoms with Crippen molar-refractivity contribution in [3.05, 3.63) is 35.4 Å². The Morgan fingerprint density at radius 1 is 1.15 bits per heavy atom. The van der Waals surface area contributed by atoms with Crippen LogP contribution in [0.3, 0.4) is 0 Å². The minimum atomic E-state index is -1.67. The Hall–Kier alpha value is -3.14. The molecule has 0 aliphatic carbocycles. The van der Waals surface area contributed by atoms with Crippen LogP contribution in [-0.4, -0.2) is 90.0 Å². The number of rotatable bonds is 12. The highest BCUT2D eigenvalue weighted by molar-refractivity contribution is 5.94. The molecule has 1 heterocycles. The Labute approximate surface area is 228 Å². The van der Waals surface area contributed by atoms with E-state index in [0.29, 0.717) is 50.8 Å². The normalized spacial score (nSPS) is 22.4. The molecule has 14 heteroatoms. The maximum Gasteiger partial charge on any atom is 0.251 e. The number of carbonyl (C=O) groups is 2. The average molecular weight is 550 g/mol. The van der Waals surface area contributed by atoms with Crippen LogP contribution >= 0.6 is 0 Å². The van der Waals surface area contributed by atoms with E-state index in [-0.39, 0.29) is 31.1 Å². The molecule has 14 nitrogen and oxygen atoms in total. The van der Waals surface area contributed by atoms with Crippen molar-refractivity contribution in [2.75, 3.05) is 19.8 Å². The number of benzene rings is 1. The van der Waals surface area contributed by atoms with Crippen LogP contribution in [0.25, 0.3) is 0 Å². The third-order valence-corrected chi connectivity index (χ3v) is 6.14. The fraction of sp³-hybridized carbons (Fsp3) is 0.600. The minimum absolute atomic E-state index is 0.00261. The van der Waals surface area contributed by atoms with Crippen molar-refractivity contribution in [1.29, 1.82) is 0 Å². The Balaban J connectivity index is 1.97. The van der Waals surface area contributed by atoms with Gasteiger partial charge < -0.3 is 37.4 Å². The third-order valence-electron chi connectivity index (χ3n) is 6.14. The first-order chi connectivity index (χ1) is 18.7. The predicted molar refractivity (Wildman–Crippen MR) is 148 cm³/mol. The molecule has 12 N–H and O–H groups in total. The second-order valence-corrected chi connectivity index (χ2v) is 9.44. The lowest BCUT2D eigenvalue weighted by Gasteiger charge is -2.29. The van der Waals surface area contributed by atoms with Gasteiger partial charge in [0, 0.05) is 31.7 Å². The van der Waals surface area contributed by atoms with Crippen LogP contribution in [0.15, 0.2) is 34.3 Å². The molecule has 0 radical (unpaired) electrons. The predicted octanol–water partition coefficient (Wildman–Crippen LogP) is -2.08. The number of guanidine groups is 1. The van der Waals surface area contributed by atoms with Crippen molar-refractivity contribution in [3.63, 3.8) is 0 Å². The lowest BCUT2D eigenvalue weighted by molar-refractivity contribution is -0.125. The van der Waals surface area contributed by atoms with E-state index in [1.807, 2.05) is 19.1 Å². The molecular formula is C25H43N9O5. The van der Waals surface area contributed by atoms with Crippen LogP contribution in [0, 0.1) is 6.92 Å². The van der Waals surface area contributed by atoms with Gasteiger partial charge in [0.05, 0.1) is 24.6 Å². The number of unbranched alkanes of at least 4 members (excludes halogenated alkanes) is 1. The lowest BCUT2D eigenvalue weighted by atomic mass is 10.1. The van der Waals surface area contributed by atoms with Crippen LogP contribution in [0.2, 0.25) is 0 Å². The Kier molecular flexibility index (Phi) is 14.3. The molecule has 39 heavy (non-hydrogen) atoms. The number of amides is 2. The van der Waals surface area contributed by atoms with Crippen molar-refractivity contribution >= 4 is 24.1 Å². The second-order valence-electron chi connectivity index (χ2n) is 9.44. The summed E-state index contributed by atoms with van der Waals surface area (Å²) in [5.74, 6) is -0.634. The molecule has 1 aliphatic heterocycles. The Morgan fingerprint density at radius 2 is 1.90 bits per heavy atom. The SMILES string of the molecule is Cc1ccc(C(=O)NCCCC[C@@H]2N=CNC(=O)[C@H](CC(O)O)NCN[C@H](CCCN=C(N)N)NC2O)cc1. The van der Waals surface area contributed by atoms with E-state index < -0.39 is 30.5 Å². The van der Waals surface area contributed by atoms with Crippen molar-refractivity contribution < 1.29 is 24.9 Å². The molecule has 0 fully saturated rings.